The van der Waals surface area contributed by atoms with Gasteiger partial charge in [0.05, 0.1) is 22.4 Å². The number of rotatable bonds is 7. The van der Waals surface area contributed by atoms with E-state index in [-0.39, 0.29) is 0 Å². The second-order valence-corrected chi connectivity index (χ2v) is 14.5. The van der Waals surface area contributed by atoms with Gasteiger partial charge in [-0.2, -0.15) is 0 Å². The topological polar surface area (TPSA) is 21.3 Å². The minimum Gasteiger partial charge on any atom is -0.454 e. The number of fused-ring (bicyclic) bond motifs is 6. The van der Waals surface area contributed by atoms with Crippen molar-refractivity contribution in [1.82, 2.24) is 4.57 Å². The van der Waals surface area contributed by atoms with E-state index in [1.165, 1.54) is 38.6 Å². The highest BCUT2D eigenvalue weighted by Gasteiger charge is 2.23. The molecule has 0 aliphatic heterocycles. The maximum Gasteiger partial charge on any atom is 0.159 e. The van der Waals surface area contributed by atoms with Crippen molar-refractivity contribution in [3.63, 3.8) is 0 Å². The van der Waals surface area contributed by atoms with Gasteiger partial charge in [0.1, 0.15) is 5.58 Å². The molecule has 0 radical (unpaired) electrons. The molecule has 3 nitrogen and oxygen atoms in total. The first-order chi connectivity index (χ1) is 28.3. The molecule has 0 aliphatic rings. The quantitative estimate of drug-likeness (QED) is 0.163. The van der Waals surface area contributed by atoms with E-state index in [2.05, 4.69) is 222 Å². The fraction of sp³-hybridized carbons (Fsp3) is 0. The molecular weight excluding hydrogens is 693 g/mol. The summed E-state index contributed by atoms with van der Waals surface area (Å²) >= 11 is 0. The first kappa shape index (κ1) is 32.8. The number of nitrogens with zero attached hydrogens (tertiary/aromatic N) is 2. The van der Waals surface area contributed by atoms with Gasteiger partial charge in [-0.1, -0.05) is 164 Å². The zero-order valence-electron chi connectivity index (χ0n) is 31.1. The summed E-state index contributed by atoms with van der Waals surface area (Å²) in [6, 6.07) is 78.0. The summed E-state index contributed by atoms with van der Waals surface area (Å²) in [6.07, 6.45) is 0. The lowest BCUT2D eigenvalue weighted by atomic mass is 9.96. The highest BCUT2D eigenvalue weighted by atomic mass is 16.3. The molecule has 0 saturated carbocycles. The molecule has 11 aromatic rings. The van der Waals surface area contributed by atoms with Crippen molar-refractivity contribution in [2.75, 3.05) is 4.90 Å². The molecule has 0 N–H and O–H groups in total. The van der Waals surface area contributed by atoms with E-state index in [0.29, 0.717) is 0 Å². The van der Waals surface area contributed by atoms with Crippen LogP contribution in [0.1, 0.15) is 0 Å². The predicted molar refractivity (Wildman–Crippen MR) is 239 cm³/mol. The number of benzene rings is 9. The normalized spacial score (nSPS) is 11.5. The largest absolute Gasteiger partial charge is 0.454 e. The second-order valence-electron chi connectivity index (χ2n) is 14.5. The highest BCUT2D eigenvalue weighted by Crippen LogP contribution is 2.46. The van der Waals surface area contributed by atoms with Crippen LogP contribution in [0.3, 0.4) is 0 Å². The third-order valence-electron chi connectivity index (χ3n) is 11.2. The van der Waals surface area contributed by atoms with E-state index < -0.39 is 0 Å². The molecule has 0 bridgehead atoms. The fourth-order valence-corrected chi connectivity index (χ4v) is 8.60. The maximum absolute atomic E-state index is 6.60. The van der Waals surface area contributed by atoms with Gasteiger partial charge in [-0.3, -0.25) is 0 Å². The maximum atomic E-state index is 6.60. The van der Waals surface area contributed by atoms with Crippen LogP contribution in [0, 0.1) is 0 Å². The zero-order valence-corrected chi connectivity index (χ0v) is 31.1. The Hall–Kier alpha value is -7.62. The van der Waals surface area contributed by atoms with Crippen LogP contribution in [0.25, 0.3) is 82.8 Å². The average Bonchev–Trinajstić information content (AvgIpc) is 3.84. The summed E-state index contributed by atoms with van der Waals surface area (Å²) < 4.78 is 8.98. The summed E-state index contributed by atoms with van der Waals surface area (Å²) in [5.74, 6) is 0. The lowest BCUT2D eigenvalue weighted by Gasteiger charge is -2.28. The van der Waals surface area contributed by atoms with Crippen molar-refractivity contribution in [1.29, 1.82) is 0 Å². The Bertz CT molecular complexity index is 3210. The second kappa shape index (κ2) is 13.6. The Morgan fingerprint density at radius 3 is 1.65 bits per heavy atom. The Kier molecular flexibility index (Phi) is 7.82. The molecule has 11 rings (SSSR count). The first-order valence-corrected chi connectivity index (χ1v) is 19.4. The van der Waals surface area contributed by atoms with Crippen LogP contribution in [0.2, 0.25) is 0 Å². The van der Waals surface area contributed by atoms with Crippen molar-refractivity contribution in [3.8, 4) is 39.1 Å². The van der Waals surface area contributed by atoms with Crippen molar-refractivity contribution < 1.29 is 4.42 Å². The third-order valence-corrected chi connectivity index (χ3v) is 11.2. The van der Waals surface area contributed by atoms with Gasteiger partial charge >= 0.3 is 0 Å². The zero-order chi connectivity index (χ0) is 37.7. The van der Waals surface area contributed by atoms with Crippen LogP contribution in [0.15, 0.2) is 223 Å². The fourth-order valence-electron chi connectivity index (χ4n) is 8.60. The van der Waals surface area contributed by atoms with Crippen molar-refractivity contribution in [2.24, 2.45) is 0 Å². The van der Waals surface area contributed by atoms with Gasteiger partial charge in [-0.25, -0.2) is 0 Å². The molecule has 57 heavy (non-hydrogen) atoms. The average molecular weight is 729 g/mol. The number of hydrogen-bond acceptors (Lipinski definition) is 2. The Morgan fingerprint density at radius 2 is 0.877 bits per heavy atom. The summed E-state index contributed by atoms with van der Waals surface area (Å²) in [7, 11) is 0. The monoisotopic (exact) mass is 728 g/mol. The molecule has 0 atom stereocenters. The SMILES string of the molecule is c1ccc(-c2ccc(-c3ccc(N(c4ccccc4)c4ccccc4-c4cccc5c4c4ccccc4n5-c4cccc5c4oc4ccccc45)cc3)cc2)cc1. The standard InChI is InChI=1S/C54H36N2O/c1-3-15-37(16-4-1)38-29-31-39(32-30-38)40-33-35-42(36-34-40)55(41-17-5-2-6-18-41)48-24-10-7-19-43(48)45-22-13-26-50-53(45)47-21-8-11-25-49(47)56(50)51-27-14-23-46-44-20-9-12-28-52(44)57-54(46)51/h1-36H. The molecule has 0 spiro atoms. The van der Waals surface area contributed by atoms with Gasteiger partial charge in [0, 0.05) is 38.5 Å². The summed E-state index contributed by atoms with van der Waals surface area (Å²) in [5.41, 5.74) is 15.5. The van der Waals surface area contributed by atoms with Gasteiger partial charge in [0.2, 0.25) is 0 Å². The van der Waals surface area contributed by atoms with Gasteiger partial charge in [0.15, 0.2) is 5.58 Å². The molecule has 2 aromatic heterocycles. The summed E-state index contributed by atoms with van der Waals surface area (Å²) in [4.78, 5) is 2.38. The number of aromatic nitrogens is 1. The van der Waals surface area contributed by atoms with E-state index in [0.717, 1.165) is 61.3 Å². The lowest BCUT2D eigenvalue weighted by molar-refractivity contribution is 0.666. The molecule has 0 unspecified atom stereocenters. The molecular formula is C54H36N2O. The van der Waals surface area contributed by atoms with Gasteiger partial charge in [-0.05, 0) is 82.4 Å². The van der Waals surface area contributed by atoms with E-state index in [9.17, 15) is 0 Å². The van der Waals surface area contributed by atoms with Crippen LogP contribution < -0.4 is 4.90 Å². The third kappa shape index (κ3) is 5.51. The van der Waals surface area contributed by atoms with Crippen molar-refractivity contribution >= 4 is 60.8 Å². The number of anilines is 3. The Balaban J connectivity index is 1.06. The van der Waals surface area contributed by atoms with Crippen LogP contribution in [0.4, 0.5) is 17.1 Å². The molecule has 0 saturated heterocycles. The van der Waals surface area contributed by atoms with E-state index in [1.807, 2.05) is 6.07 Å². The molecule has 0 aliphatic carbocycles. The van der Waals surface area contributed by atoms with E-state index >= 15 is 0 Å². The minimum atomic E-state index is 0.887. The highest BCUT2D eigenvalue weighted by molar-refractivity contribution is 6.18. The Morgan fingerprint density at radius 1 is 0.351 bits per heavy atom. The molecule has 0 fully saturated rings. The number of para-hydroxylation sites is 5. The number of hydrogen-bond donors (Lipinski definition) is 0. The van der Waals surface area contributed by atoms with E-state index in [4.69, 9.17) is 4.42 Å². The molecule has 9 aromatic carbocycles. The smallest absolute Gasteiger partial charge is 0.159 e. The molecule has 2 heterocycles. The van der Waals surface area contributed by atoms with Gasteiger partial charge in [-0.15, -0.1) is 0 Å². The summed E-state index contributed by atoms with van der Waals surface area (Å²) in [6.45, 7) is 0. The van der Waals surface area contributed by atoms with Crippen molar-refractivity contribution in [3.05, 3.63) is 218 Å². The van der Waals surface area contributed by atoms with Crippen molar-refractivity contribution in [2.45, 2.75) is 0 Å². The van der Waals surface area contributed by atoms with Crippen LogP contribution in [0.5, 0.6) is 0 Å². The summed E-state index contributed by atoms with van der Waals surface area (Å²) in [5, 5.41) is 4.64. The Labute approximate surface area is 330 Å². The minimum absolute atomic E-state index is 0.887. The van der Waals surface area contributed by atoms with Crippen LogP contribution >= 0.6 is 0 Å². The molecule has 268 valence electrons. The van der Waals surface area contributed by atoms with Gasteiger partial charge < -0.3 is 13.9 Å². The van der Waals surface area contributed by atoms with Gasteiger partial charge in [0.25, 0.3) is 0 Å². The molecule has 3 heteroatoms. The van der Waals surface area contributed by atoms with Crippen LogP contribution in [-0.4, -0.2) is 4.57 Å². The predicted octanol–water partition coefficient (Wildman–Crippen LogP) is 15.2. The lowest BCUT2D eigenvalue weighted by Crippen LogP contribution is -2.11. The number of furan rings is 1. The molecule has 0 amide bonds. The van der Waals surface area contributed by atoms with E-state index in [1.54, 1.807) is 0 Å². The van der Waals surface area contributed by atoms with Crippen LogP contribution in [-0.2, 0) is 0 Å². The first-order valence-electron chi connectivity index (χ1n) is 19.4.